The summed E-state index contributed by atoms with van der Waals surface area (Å²) in [5, 5.41) is 9.32. The van der Waals surface area contributed by atoms with Crippen LogP contribution in [0.4, 0.5) is 0 Å². The Balaban J connectivity index is 2.55. The summed E-state index contributed by atoms with van der Waals surface area (Å²) in [5.74, 6) is -1.31. The average molecular weight is 343 g/mol. The average Bonchev–Trinajstić information content (AvgIpc) is 2.57. The summed E-state index contributed by atoms with van der Waals surface area (Å²) in [6, 6.07) is 7.30. The summed E-state index contributed by atoms with van der Waals surface area (Å²) in [6.45, 7) is 10.0. The van der Waals surface area contributed by atoms with Crippen LogP contribution in [0.3, 0.4) is 0 Å². The summed E-state index contributed by atoms with van der Waals surface area (Å²) in [6.07, 6.45) is 2.51. The SMILES string of the molecule is C=C[C@@H](C[C@H](C)n1c(=O)c(C(=O)O)nc2ccccc21)N(C)C(C)C. The molecule has 0 amide bonds. The first kappa shape index (κ1) is 18.9. The van der Waals surface area contributed by atoms with Crippen molar-refractivity contribution in [1.29, 1.82) is 0 Å². The van der Waals surface area contributed by atoms with Crippen LogP contribution in [0.5, 0.6) is 0 Å². The van der Waals surface area contributed by atoms with Gasteiger partial charge < -0.3 is 9.67 Å². The van der Waals surface area contributed by atoms with Crippen molar-refractivity contribution in [2.45, 2.75) is 45.3 Å². The van der Waals surface area contributed by atoms with Crippen molar-refractivity contribution in [3.63, 3.8) is 0 Å². The van der Waals surface area contributed by atoms with Crippen LogP contribution in [0.2, 0.25) is 0 Å². The minimum atomic E-state index is -1.31. The Bertz CT molecular complexity index is 841. The Morgan fingerprint density at radius 1 is 1.36 bits per heavy atom. The summed E-state index contributed by atoms with van der Waals surface area (Å²) in [7, 11) is 2.01. The van der Waals surface area contributed by atoms with Gasteiger partial charge in [-0.25, -0.2) is 9.78 Å². The van der Waals surface area contributed by atoms with E-state index in [0.29, 0.717) is 23.5 Å². The molecule has 134 valence electrons. The van der Waals surface area contributed by atoms with E-state index in [0.717, 1.165) is 0 Å². The predicted octanol–water partition coefficient (Wildman–Crippen LogP) is 2.94. The fourth-order valence-electron chi connectivity index (χ4n) is 3.00. The molecule has 0 radical (unpaired) electrons. The van der Waals surface area contributed by atoms with Gasteiger partial charge in [-0.2, -0.15) is 0 Å². The molecule has 1 aromatic carbocycles. The minimum absolute atomic E-state index is 0.0714. The largest absolute Gasteiger partial charge is 0.476 e. The van der Waals surface area contributed by atoms with Crippen LogP contribution in [-0.4, -0.2) is 44.7 Å². The number of fused-ring (bicyclic) bond motifs is 1. The number of carboxylic acid groups (broad SMARTS) is 1. The van der Waals surface area contributed by atoms with Gasteiger partial charge in [0.2, 0.25) is 5.69 Å². The topological polar surface area (TPSA) is 75.4 Å². The van der Waals surface area contributed by atoms with Crippen molar-refractivity contribution < 1.29 is 9.90 Å². The number of benzene rings is 1. The van der Waals surface area contributed by atoms with Gasteiger partial charge in [0.1, 0.15) is 0 Å². The van der Waals surface area contributed by atoms with Crippen molar-refractivity contribution >= 4 is 17.0 Å². The standard InChI is InChI=1S/C19H25N3O3/c1-6-14(21(5)12(2)3)11-13(4)22-16-10-8-7-9-15(16)20-17(18(22)23)19(24)25/h6-10,12-14H,1,11H2,2-5H3,(H,24,25)/t13-,14-/m0/s1. The van der Waals surface area contributed by atoms with Crippen LogP contribution in [0, 0.1) is 0 Å². The number of carbonyl (C=O) groups is 1. The lowest BCUT2D eigenvalue weighted by Gasteiger charge is -2.31. The number of aromatic nitrogens is 2. The molecule has 6 nitrogen and oxygen atoms in total. The lowest BCUT2D eigenvalue weighted by Crippen LogP contribution is -2.38. The van der Waals surface area contributed by atoms with Crippen molar-refractivity contribution in [3.05, 3.63) is 53.0 Å². The van der Waals surface area contributed by atoms with E-state index in [4.69, 9.17) is 0 Å². The highest BCUT2D eigenvalue weighted by atomic mass is 16.4. The highest BCUT2D eigenvalue weighted by molar-refractivity contribution is 5.88. The Kier molecular flexibility index (Phi) is 5.74. The Labute approximate surface area is 147 Å². The normalized spacial score (nSPS) is 14.0. The van der Waals surface area contributed by atoms with Gasteiger partial charge in [-0.15, -0.1) is 6.58 Å². The zero-order valence-electron chi connectivity index (χ0n) is 15.1. The maximum atomic E-state index is 12.7. The molecule has 2 atom stereocenters. The number of likely N-dealkylation sites (N-methyl/N-ethyl adjacent to an activating group) is 1. The molecule has 0 bridgehead atoms. The van der Waals surface area contributed by atoms with E-state index in [-0.39, 0.29) is 12.1 Å². The molecule has 2 rings (SSSR count). The second-order valence-corrected chi connectivity index (χ2v) is 6.58. The van der Waals surface area contributed by atoms with E-state index < -0.39 is 17.2 Å². The third-order valence-electron chi connectivity index (χ3n) is 4.63. The second kappa shape index (κ2) is 7.61. The van der Waals surface area contributed by atoms with Crippen LogP contribution >= 0.6 is 0 Å². The Hall–Kier alpha value is -2.47. The zero-order chi connectivity index (χ0) is 18.7. The van der Waals surface area contributed by atoms with Crippen LogP contribution in [-0.2, 0) is 0 Å². The Morgan fingerprint density at radius 3 is 2.56 bits per heavy atom. The number of carboxylic acids is 1. The smallest absolute Gasteiger partial charge is 0.360 e. The highest BCUT2D eigenvalue weighted by Gasteiger charge is 2.23. The van der Waals surface area contributed by atoms with Gasteiger partial charge >= 0.3 is 5.97 Å². The van der Waals surface area contributed by atoms with Gasteiger partial charge in [0.25, 0.3) is 5.56 Å². The molecule has 1 heterocycles. The van der Waals surface area contributed by atoms with Crippen molar-refractivity contribution in [3.8, 4) is 0 Å². The number of para-hydroxylation sites is 2. The molecule has 2 aromatic rings. The van der Waals surface area contributed by atoms with Crippen LogP contribution in [0.15, 0.2) is 41.7 Å². The maximum Gasteiger partial charge on any atom is 0.360 e. The van der Waals surface area contributed by atoms with E-state index in [1.165, 1.54) is 4.57 Å². The quantitative estimate of drug-likeness (QED) is 0.782. The van der Waals surface area contributed by atoms with Gasteiger partial charge in [0, 0.05) is 18.1 Å². The first-order valence-corrected chi connectivity index (χ1v) is 8.37. The van der Waals surface area contributed by atoms with Crippen molar-refractivity contribution in [2.24, 2.45) is 0 Å². The number of nitrogens with zero attached hydrogens (tertiary/aromatic N) is 3. The summed E-state index contributed by atoms with van der Waals surface area (Å²) >= 11 is 0. The Morgan fingerprint density at radius 2 is 2.00 bits per heavy atom. The molecule has 0 saturated heterocycles. The van der Waals surface area contributed by atoms with E-state index in [9.17, 15) is 14.7 Å². The monoisotopic (exact) mass is 343 g/mol. The zero-order valence-corrected chi connectivity index (χ0v) is 15.1. The summed E-state index contributed by atoms with van der Waals surface area (Å²) in [4.78, 5) is 30.3. The van der Waals surface area contributed by atoms with Crippen molar-refractivity contribution in [2.75, 3.05) is 7.05 Å². The molecule has 6 heteroatoms. The number of aromatic carboxylic acids is 1. The van der Waals surface area contributed by atoms with Gasteiger partial charge in [0.05, 0.1) is 11.0 Å². The third kappa shape index (κ3) is 3.79. The maximum absolute atomic E-state index is 12.7. The molecule has 0 aliphatic heterocycles. The fourth-order valence-corrected chi connectivity index (χ4v) is 3.00. The van der Waals surface area contributed by atoms with E-state index >= 15 is 0 Å². The molecule has 1 aromatic heterocycles. The molecule has 1 N–H and O–H groups in total. The minimum Gasteiger partial charge on any atom is -0.476 e. The van der Waals surface area contributed by atoms with Crippen LogP contribution in [0.1, 0.15) is 43.7 Å². The summed E-state index contributed by atoms with van der Waals surface area (Å²) < 4.78 is 1.54. The van der Waals surface area contributed by atoms with Gasteiger partial charge in [-0.05, 0) is 46.4 Å². The number of rotatable bonds is 7. The first-order valence-electron chi connectivity index (χ1n) is 8.37. The number of hydrogen-bond donors (Lipinski definition) is 1. The van der Waals surface area contributed by atoms with E-state index in [1.807, 2.05) is 26.1 Å². The number of hydrogen-bond acceptors (Lipinski definition) is 4. The van der Waals surface area contributed by atoms with Crippen molar-refractivity contribution in [1.82, 2.24) is 14.5 Å². The first-order chi connectivity index (χ1) is 11.8. The lowest BCUT2D eigenvalue weighted by atomic mass is 10.0. The van der Waals surface area contributed by atoms with Gasteiger partial charge in [0.15, 0.2) is 0 Å². The molecule has 25 heavy (non-hydrogen) atoms. The molecule has 0 fully saturated rings. The van der Waals surface area contributed by atoms with Crippen LogP contribution in [0.25, 0.3) is 11.0 Å². The highest BCUT2D eigenvalue weighted by Crippen LogP contribution is 2.21. The molecular weight excluding hydrogens is 318 g/mol. The molecule has 0 saturated carbocycles. The molecule has 0 spiro atoms. The van der Waals surface area contributed by atoms with Gasteiger partial charge in [-0.1, -0.05) is 18.2 Å². The molecule has 0 aliphatic carbocycles. The predicted molar refractivity (Wildman–Crippen MR) is 99.2 cm³/mol. The summed E-state index contributed by atoms with van der Waals surface area (Å²) in [5.41, 5.74) is 0.116. The van der Waals surface area contributed by atoms with E-state index in [1.54, 1.807) is 18.2 Å². The van der Waals surface area contributed by atoms with Gasteiger partial charge in [-0.3, -0.25) is 9.69 Å². The lowest BCUT2D eigenvalue weighted by molar-refractivity contribution is 0.0688. The molecule has 0 unspecified atom stereocenters. The van der Waals surface area contributed by atoms with Crippen LogP contribution < -0.4 is 5.56 Å². The molecule has 0 aliphatic rings. The van der Waals surface area contributed by atoms with E-state index in [2.05, 4.69) is 30.3 Å². The third-order valence-corrected chi connectivity index (χ3v) is 4.63. The molecular formula is C19H25N3O3. The second-order valence-electron chi connectivity index (χ2n) is 6.58. The fraction of sp³-hybridized carbons (Fsp3) is 0.421.